The number of benzene rings is 1. The molecule has 20 heavy (non-hydrogen) atoms. The normalized spacial score (nSPS) is 12.9. The molecule has 0 aliphatic rings. The number of nitrogens with zero attached hydrogens (tertiary/aromatic N) is 1. The fraction of sp³-hybridized carbons (Fsp3) is 0.562. The number of Topliss-reactive ketones (excluding diaryl/α,β-unsaturated/α-hetero) is 1. The van der Waals surface area contributed by atoms with Crippen LogP contribution in [0.3, 0.4) is 0 Å². The minimum absolute atomic E-state index is 0.153. The van der Waals surface area contributed by atoms with E-state index in [9.17, 15) is 9.18 Å². The minimum atomic E-state index is -0.449. The van der Waals surface area contributed by atoms with Crippen LogP contribution in [-0.2, 0) is 4.74 Å². The van der Waals surface area contributed by atoms with Gasteiger partial charge in [0.15, 0.2) is 5.78 Å². The van der Waals surface area contributed by atoms with Crippen LogP contribution in [0.1, 0.15) is 31.1 Å². The molecule has 0 spiro atoms. The van der Waals surface area contributed by atoms with Gasteiger partial charge in [-0.3, -0.25) is 4.79 Å². The van der Waals surface area contributed by atoms with Crippen molar-refractivity contribution in [1.29, 1.82) is 0 Å². The van der Waals surface area contributed by atoms with Crippen LogP contribution in [0.25, 0.3) is 0 Å². The van der Waals surface area contributed by atoms with Gasteiger partial charge < -0.3 is 9.64 Å². The van der Waals surface area contributed by atoms with Gasteiger partial charge in [0.1, 0.15) is 5.82 Å². The minimum Gasteiger partial charge on any atom is -0.377 e. The summed E-state index contributed by atoms with van der Waals surface area (Å²) in [5.41, 5.74) is 0.173. The number of hydrogen-bond donors (Lipinski definition) is 0. The number of carbonyl (C=O) groups excluding carboxylic acids is 1. The summed E-state index contributed by atoms with van der Waals surface area (Å²) in [7, 11) is 1.94. The molecular formula is C16H24FNO2. The third-order valence-corrected chi connectivity index (χ3v) is 3.10. The molecule has 0 radical (unpaired) electrons. The fourth-order valence-electron chi connectivity index (χ4n) is 2.01. The van der Waals surface area contributed by atoms with Gasteiger partial charge in [-0.1, -0.05) is 19.1 Å². The van der Waals surface area contributed by atoms with Crippen molar-refractivity contribution in [3.05, 3.63) is 35.6 Å². The molecule has 3 nitrogen and oxygen atoms in total. The van der Waals surface area contributed by atoms with E-state index in [-0.39, 0.29) is 23.4 Å². The zero-order valence-electron chi connectivity index (χ0n) is 12.7. The van der Waals surface area contributed by atoms with E-state index in [0.717, 1.165) is 6.54 Å². The number of ketones is 1. The summed E-state index contributed by atoms with van der Waals surface area (Å²) in [6, 6.07) is 6.13. The van der Waals surface area contributed by atoms with E-state index in [4.69, 9.17) is 4.74 Å². The van der Waals surface area contributed by atoms with E-state index >= 15 is 0 Å². The third-order valence-electron chi connectivity index (χ3n) is 3.10. The Morgan fingerprint density at radius 1 is 1.30 bits per heavy atom. The van der Waals surface area contributed by atoms with E-state index in [0.29, 0.717) is 13.2 Å². The lowest BCUT2D eigenvalue weighted by atomic mass is 9.98. The van der Waals surface area contributed by atoms with Gasteiger partial charge in [-0.25, -0.2) is 4.39 Å². The molecule has 0 heterocycles. The highest BCUT2D eigenvalue weighted by Gasteiger charge is 2.19. The van der Waals surface area contributed by atoms with Crippen LogP contribution in [-0.4, -0.2) is 43.5 Å². The average Bonchev–Trinajstić information content (AvgIpc) is 2.38. The van der Waals surface area contributed by atoms with Gasteiger partial charge in [-0.15, -0.1) is 0 Å². The number of rotatable bonds is 8. The van der Waals surface area contributed by atoms with E-state index in [2.05, 4.69) is 0 Å². The molecule has 112 valence electrons. The van der Waals surface area contributed by atoms with Crippen molar-refractivity contribution < 1.29 is 13.9 Å². The molecule has 0 aliphatic carbocycles. The predicted molar refractivity (Wildman–Crippen MR) is 78.5 cm³/mol. The van der Waals surface area contributed by atoms with E-state index in [1.54, 1.807) is 12.1 Å². The molecular weight excluding hydrogens is 257 g/mol. The molecule has 0 saturated carbocycles. The van der Waals surface area contributed by atoms with Crippen LogP contribution in [0.15, 0.2) is 24.3 Å². The van der Waals surface area contributed by atoms with Crippen molar-refractivity contribution in [2.75, 3.05) is 26.7 Å². The lowest BCUT2D eigenvalue weighted by Gasteiger charge is -2.21. The number of hydrogen-bond acceptors (Lipinski definition) is 3. The number of halogens is 1. The zero-order valence-corrected chi connectivity index (χ0v) is 12.7. The first-order valence-electron chi connectivity index (χ1n) is 7.00. The van der Waals surface area contributed by atoms with Crippen molar-refractivity contribution in [3.8, 4) is 0 Å². The highest BCUT2D eigenvalue weighted by atomic mass is 19.1. The molecule has 1 unspecified atom stereocenters. The summed E-state index contributed by atoms with van der Waals surface area (Å²) in [4.78, 5) is 14.2. The highest BCUT2D eigenvalue weighted by molar-refractivity contribution is 5.98. The Morgan fingerprint density at radius 2 is 1.95 bits per heavy atom. The molecule has 0 N–H and O–H groups in total. The Bertz CT molecular complexity index is 434. The van der Waals surface area contributed by atoms with Crippen molar-refractivity contribution in [2.24, 2.45) is 5.92 Å². The van der Waals surface area contributed by atoms with Gasteiger partial charge >= 0.3 is 0 Å². The van der Waals surface area contributed by atoms with E-state index in [1.165, 1.54) is 12.1 Å². The van der Waals surface area contributed by atoms with E-state index < -0.39 is 5.82 Å². The molecule has 1 atom stereocenters. The molecule has 0 bridgehead atoms. The standard InChI is InChI=1S/C16H24FNO2/c1-12(2)20-10-9-18(4)11-13(3)16(19)14-7-5-6-8-15(14)17/h5-8,12-13H,9-11H2,1-4H3. The maximum absolute atomic E-state index is 13.6. The monoisotopic (exact) mass is 281 g/mol. The summed E-state index contributed by atoms with van der Waals surface area (Å²) in [6.07, 6.45) is 0.209. The van der Waals surface area contributed by atoms with Crippen LogP contribution in [0, 0.1) is 11.7 Å². The lowest BCUT2D eigenvalue weighted by Crippen LogP contribution is -2.32. The topological polar surface area (TPSA) is 29.5 Å². The molecule has 0 saturated heterocycles. The Balaban J connectivity index is 2.48. The van der Waals surface area contributed by atoms with Crippen molar-refractivity contribution in [2.45, 2.75) is 26.9 Å². The summed E-state index contributed by atoms with van der Waals surface area (Å²) < 4.78 is 19.0. The molecule has 0 aliphatic heterocycles. The maximum atomic E-state index is 13.6. The summed E-state index contributed by atoms with van der Waals surface area (Å²) in [5, 5.41) is 0. The first-order chi connectivity index (χ1) is 9.41. The smallest absolute Gasteiger partial charge is 0.169 e. The second-order valence-electron chi connectivity index (χ2n) is 5.43. The Hall–Kier alpha value is -1.26. The van der Waals surface area contributed by atoms with Crippen molar-refractivity contribution >= 4 is 5.78 Å². The molecule has 1 aromatic carbocycles. The summed E-state index contributed by atoms with van der Waals surface area (Å²) >= 11 is 0. The van der Waals surface area contributed by atoms with Crippen molar-refractivity contribution in [3.63, 3.8) is 0 Å². The SMILES string of the molecule is CC(C)OCCN(C)CC(C)C(=O)c1ccccc1F. The number of ether oxygens (including phenoxy) is 1. The van der Waals surface area contributed by atoms with Gasteiger partial charge in [0.05, 0.1) is 18.3 Å². The second-order valence-corrected chi connectivity index (χ2v) is 5.43. The van der Waals surface area contributed by atoms with Gasteiger partial charge in [0.2, 0.25) is 0 Å². The molecule has 4 heteroatoms. The summed E-state index contributed by atoms with van der Waals surface area (Å²) in [6.45, 7) is 7.79. The predicted octanol–water partition coefficient (Wildman–Crippen LogP) is 3.00. The molecule has 0 aromatic heterocycles. The fourth-order valence-corrected chi connectivity index (χ4v) is 2.01. The Labute approximate surface area is 120 Å². The number of likely N-dealkylation sites (N-methyl/N-ethyl adjacent to an activating group) is 1. The van der Waals surface area contributed by atoms with Gasteiger partial charge in [-0.05, 0) is 33.0 Å². The molecule has 1 aromatic rings. The zero-order chi connectivity index (χ0) is 15.1. The van der Waals surface area contributed by atoms with Crippen LogP contribution in [0.2, 0.25) is 0 Å². The third kappa shape index (κ3) is 5.39. The lowest BCUT2D eigenvalue weighted by molar-refractivity contribution is 0.0599. The van der Waals surface area contributed by atoms with Crippen molar-refractivity contribution in [1.82, 2.24) is 4.90 Å². The van der Waals surface area contributed by atoms with Crippen LogP contribution < -0.4 is 0 Å². The molecule has 1 rings (SSSR count). The van der Waals surface area contributed by atoms with E-state index in [1.807, 2.05) is 32.7 Å². The van der Waals surface area contributed by atoms with Crippen LogP contribution >= 0.6 is 0 Å². The van der Waals surface area contributed by atoms with Crippen LogP contribution in [0.5, 0.6) is 0 Å². The molecule has 0 fully saturated rings. The number of carbonyl (C=O) groups is 1. The second kappa shape index (κ2) is 8.12. The highest BCUT2D eigenvalue weighted by Crippen LogP contribution is 2.13. The summed E-state index contributed by atoms with van der Waals surface area (Å²) in [5.74, 6) is -0.842. The van der Waals surface area contributed by atoms with Gasteiger partial charge in [-0.2, -0.15) is 0 Å². The molecule has 0 amide bonds. The van der Waals surface area contributed by atoms with Crippen LogP contribution in [0.4, 0.5) is 4.39 Å². The van der Waals surface area contributed by atoms with Gasteiger partial charge in [0, 0.05) is 19.0 Å². The first-order valence-corrected chi connectivity index (χ1v) is 7.00. The maximum Gasteiger partial charge on any atom is 0.169 e. The van der Waals surface area contributed by atoms with Gasteiger partial charge in [0.25, 0.3) is 0 Å². The average molecular weight is 281 g/mol. The Kier molecular flexibility index (Phi) is 6.82. The quantitative estimate of drug-likeness (QED) is 0.686. The first kappa shape index (κ1) is 16.8. The largest absolute Gasteiger partial charge is 0.377 e. The Morgan fingerprint density at radius 3 is 2.55 bits per heavy atom.